The van der Waals surface area contributed by atoms with E-state index in [2.05, 4.69) is 10.1 Å². The van der Waals surface area contributed by atoms with Crippen LogP contribution in [0, 0.1) is 13.8 Å². The third-order valence-corrected chi connectivity index (χ3v) is 3.65. The lowest BCUT2D eigenvalue weighted by atomic mass is 10.1. The van der Waals surface area contributed by atoms with Gasteiger partial charge in [-0.3, -0.25) is 0 Å². The minimum atomic E-state index is -0.501. The van der Waals surface area contributed by atoms with Crippen LogP contribution in [0.5, 0.6) is 5.75 Å². The molecule has 128 valence electrons. The minimum absolute atomic E-state index is 0.0884. The van der Waals surface area contributed by atoms with Crippen molar-refractivity contribution in [3.8, 4) is 17.1 Å². The first-order chi connectivity index (χ1) is 12.1. The van der Waals surface area contributed by atoms with Gasteiger partial charge >= 0.3 is 5.97 Å². The molecule has 1 aromatic heterocycles. The summed E-state index contributed by atoms with van der Waals surface area (Å²) in [5.41, 5.74) is 2.88. The molecule has 6 nitrogen and oxygen atoms in total. The predicted molar refractivity (Wildman–Crippen MR) is 90.9 cm³/mol. The van der Waals surface area contributed by atoms with Crippen LogP contribution in [-0.2, 0) is 16.1 Å². The van der Waals surface area contributed by atoms with Gasteiger partial charge in [-0.05, 0) is 31.0 Å². The van der Waals surface area contributed by atoms with Crippen molar-refractivity contribution in [1.82, 2.24) is 10.1 Å². The summed E-state index contributed by atoms with van der Waals surface area (Å²) in [5.74, 6) is 0.862. The average molecular weight is 338 g/mol. The average Bonchev–Trinajstić information content (AvgIpc) is 3.08. The van der Waals surface area contributed by atoms with E-state index in [0.717, 1.165) is 16.7 Å². The summed E-state index contributed by atoms with van der Waals surface area (Å²) in [6, 6.07) is 15.2. The van der Waals surface area contributed by atoms with Crippen LogP contribution in [0.1, 0.15) is 17.0 Å². The fourth-order valence-corrected chi connectivity index (χ4v) is 2.29. The van der Waals surface area contributed by atoms with E-state index in [1.807, 2.05) is 56.3 Å². The van der Waals surface area contributed by atoms with Crippen molar-refractivity contribution in [3.05, 3.63) is 65.5 Å². The number of para-hydroxylation sites is 1. The maximum absolute atomic E-state index is 11.8. The molecule has 0 aliphatic rings. The molecule has 0 bridgehead atoms. The van der Waals surface area contributed by atoms with Crippen molar-refractivity contribution in [3.63, 3.8) is 0 Å². The lowest BCUT2D eigenvalue weighted by Crippen LogP contribution is -2.15. The number of esters is 1. The van der Waals surface area contributed by atoms with Crippen molar-refractivity contribution in [2.75, 3.05) is 6.61 Å². The number of carbonyl (C=O) groups is 1. The minimum Gasteiger partial charge on any atom is -0.482 e. The van der Waals surface area contributed by atoms with Crippen molar-refractivity contribution in [1.29, 1.82) is 0 Å². The van der Waals surface area contributed by atoms with E-state index in [1.54, 1.807) is 6.07 Å². The van der Waals surface area contributed by atoms with E-state index < -0.39 is 5.97 Å². The number of ether oxygens (including phenoxy) is 2. The van der Waals surface area contributed by atoms with Gasteiger partial charge in [0.05, 0.1) is 0 Å². The van der Waals surface area contributed by atoms with Gasteiger partial charge < -0.3 is 14.0 Å². The number of nitrogens with zero attached hydrogens (tertiary/aromatic N) is 2. The van der Waals surface area contributed by atoms with Gasteiger partial charge in [-0.1, -0.05) is 47.6 Å². The highest BCUT2D eigenvalue weighted by Crippen LogP contribution is 2.20. The summed E-state index contributed by atoms with van der Waals surface area (Å²) in [7, 11) is 0. The zero-order valence-electron chi connectivity index (χ0n) is 14.1. The summed E-state index contributed by atoms with van der Waals surface area (Å²) >= 11 is 0. The van der Waals surface area contributed by atoms with E-state index >= 15 is 0 Å². The molecule has 0 aliphatic carbocycles. The van der Waals surface area contributed by atoms with Crippen LogP contribution in [0.25, 0.3) is 11.4 Å². The highest BCUT2D eigenvalue weighted by Gasteiger charge is 2.13. The highest BCUT2D eigenvalue weighted by atomic mass is 16.6. The van der Waals surface area contributed by atoms with Crippen LogP contribution < -0.4 is 4.74 Å². The zero-order valence-corrected chi connectivity index (χ0v) is 14.1. The monoisotopic (exact) mass is 338 g/mol. The van der Waals surface area contributed by atoms with Crippen LogP contribution in [0.3, 0.4) is 0 Å². The maximum atomic E-state index is 11.8. The van der Waals surface area contributed by atoms with E-state index in [4.69, 9.17) is 14.0 Å². The Labute approximate surface area is 145 Å². The molecule has 0 atom stereocenters. The molecule has 0 unspecified atom stereocenters. The second kappa shape index (κ2) is 7.61. The molecule has 0 radical (unpaired) electrons. The van der Waals surface area contributed by atoms with E-state index in [1.165, 1.54) is 0 Å². The molecule has 0 spiro atoms. The van der Waals surface area contributed by atoms with Crippen molar-refractivity contribution < 1.29 is 18.8 Å². The van der Waals surface area contributed by atoms with Gasteiger partial charge in [0, 0.05) is 5.56 Å². The number of aryl methyl sites for hydroxylation is 2. The van der Waals surface area contributed by atoms with Gasteiger partial charge in [0.1, 0.15) is 5.75 Å². The SMILES string of the molecule is Cc1ccccc1OCC(=O)OCc1nc(-c2ccccc2C)no1. The molecule has 1 heterocycles. The van der Waals surface area contributed by atoms with Crippen LogP contribution >= 0.6 is 0 Å². The number of hydrogen-bond acceptors (Lipinski definition) is 6. The quantitative estimate of drug-likeness (QED) is 0.641. The Morgan fingerprint density at radius 2 is 1.76 bits per heavy atom. The molecule has 0 saturated carbocycles. The lowest BCUT2D eigenvalue weighted by Gasteiger charge is -2.07. The number of rotatable bonds is 6. The van der Waals surface area contributed by atoms with E-state index in [9.17, 15) is 4.79 Å². The summed E-state index contributed by atoms with van der Waals surface area (Å²) in [6.07, 6.45) is 0. The van der Waals surface area contributed by atoms with Crippen LogP contribution in [-0.4, -0.2) is 22.7 Å². The van der Waals surface area contributed by atoms with Crippen molar-refractivity contribution in [2.24, 2.45) is 0 Å². The molecule has 0 fully saturated rings. The second-order valence-corrected chi connectivity index (χ2v) is 5.54. The summed E-state index contributed by atoms with van der Waals surface area (Å²) in [6.45, 7) is 3.61. The Kier molecular flexibility index (Phi) is 5.09. The molecule has 0 N–H and O–H groups in total. The van der Waals surface area contributed by atoms with Gasteiger partial charge in [-0.25, -0.2) is 4.79 Å². The first kappa shape index (κ1) is 16.7. The second-order valence-electron chi connectivity index (χ2n) is 5.54. The number of aromatic nitrogens is 2. The molecule has 3 rings (SSSR count). The largest absolute Gasteiger partial charge is 0.482 e. The molecule has 0 saturated heterocycles. The standard InChI is InChI=1S/C19H18N2O4/c1-13-7-3-5-9-15(13)19-20-17(25-21-19)11-24-18(22)12-23-16-10-6-4-8-14(16)2/h3-10H,11-12H2,1-2H3. The molecule has 3 aromatic rings. The fraction of sp³-hybridized carbons (Fsp3) is 0.211. The molecule has 0 amide bonds. The van der Waals surface area contributed by atoms with Gasteiger partial charge in [-0.2, -0.15) is 4.98 Å². The summed E-state index contributed by atoms with van der Waals surface area (Å²) in [4.78, 5) is 16.0. The van der Waals surface area contributed by atoms with Crippen molar-refractivity contribution in [2.45, 2.75) is 20.5 Å². The Hall–Kier alpha value is -3.15. The third kappa shape index (κ3) is 4.23. The van der Waals surface area contributed by atoms with E-state index in [-0.39, 0.29) is 19.1 Å². The molecule has 25 heavy (non-hydrogen) atoms. The lowest BCUT2D eigenvalue weighted by molar-refractivity contribution is -0.148. The molecule has 2 aromatic carbocycles. The Balaban J connectivity index is 1.53. The number of benzene rings is 2. The number of carbonyl (C=O) groups excluding carboxylic acids is 1. The Morgan fingerprint density at radius 3 is 2.52 bits per heavy atom. The topological polar surface area (TPSA) is 74.5 Å². The molecule has 6 heteroatoms. The van der Waals surface area contributed by atoms with Gasteiger partial charge in [0.25, 0.3) is 5.89 Å². The summed E-state index contributed by atoms with van der Waals surface area (Å²) in [5, 5.41) is 3.92. The molecular weight excluding hydrogens is 320 g/mol. The first-order valence-electron chi connectivity index (χ1n) is 7.86. The normalized spacial score (nSPS) is 10.5. The van der Waals surface area contributed by atoms with Gasteiger partial charge in [-0.15, -0.1) is 0 Å². The Bertz CT molecular complexity index is 873. The highest BCUT2D eigenvalue weighted by molar-refractivity contribution is 5.71. The van der Waals surface area contributed by atoms with E-state index in [0.29, 0.717) is 11.6 Å². The van der Waals surface area contributed by atoms with Crippen molar-refractivity contribution >= 4 is 5.97 Å². The smallest absolute Gasteiger partial charge is 0.344 e. The van der Waals surface area contributed by atoms with Crippen LogP contribution in [0.2, 0.25) is 0 Å². The van der Waals surface area contributed by atoms with Crippen LogP contribution in [0.15, 0.2) is 53.1 Å². The number of hydrogen-bond donors (Lipinski definition) is 0. The zero-order chi connectivity index (χ0) is 17.6. The van der Waals surface area contributed by atoms with Gasteiger partial charge in [0.15, 0.2) is 13.2 Å². The molecular formula is C19H18N2O4. The maximum Gasteiger partial charge on any atom is 0.344 e. The van der Waals surface area contributed by atoms with Gasteiger partial charge in [0.2, 0.25) is 5.82 Å². The molecule has 0 aliphatic heterocycles. The first-order valence-corrected chi connectivity index (χ1v) is 7.86. The third-order valence-electron chi connectivity index (χ3n) is 3.65. The predicted octanol–water partition coefficient (Wildman–Crippen LogP) is 3.48. The van der Waals surface area contributed by atoms with Crippen LogP contribution in [0.4, 0.5) is 0 Å². The summed E-state index contributed by atoms with van der Waals surface area (Å²) < 4.78 is 15.7. The fourth-order valence-electron chi connectivity index (χ4n) is 2.29. The Morgan fingerprint density at radius 1 is 1.04 bits per heavy atom.